The van der Waals surface area contributed by atoms with E-state index < -0.39 is 22.7 Å². The fourth-order valence-electron chi connectivity index (χ4n) is 3.89. The van der Waals surface area contributed by atoms with E-state index in [2.05, 4.69) is 0 Å². The number of carbonyl (C=O) groups excluding carboxylic acids is 2. The summed E-state index contributed by atoms with van der Waals surface area (Å²) in [5.74, 6) is -1.13. The Labute approximate surface area is 192 Å². The average Bonchev–Trinajstić information content (AvgIpc) is 3.04. The first-order chi connectivity index (χ1) is 15.7. The smallest absolute Gasteiger partial charge is 0.295 e. The Hall–Kier alpha value is -3.68. The van der Waals surface area contributed by atoms with Crippen LogP contribution in [0.5, 0.6) is 5.75 Å². The molecule has 1 N–H and O–H groups in total. The maximum Gasteiger partial charge on any atom is 0.295 e. The minimum absolute atomic E-state index is 0.00216. The Morgan fingerprint density at radius 2 is 1.73 bits per heavy atom. The van der Waals surface area contributed by atoms with E-state index in [0.717, 1.165) is 19.3 Å². The number of hydrogen-bond acceptors (Lipinski definition) is 6. The van der Waals surface area contributed by atoms with Crippen LogP contribution in [0, 0.1) is 10.1 Å². The van der Waals surface area contributed by atoms with Crippen LogP contribution < -0.4 is 4.74 Å². The number of nitro groups is 1. The third-order valence-corrected chi connectivity index (χ3v) is 5.46. The maximum absolute atomic E-state index is 13.0. The van der Waals surface area contributed by atoms with Crippen LogP contribution >= 0.6 is 0 Å². The van der Waals surface area contributed by atoms with Gasteiger partial charge in [0.15, 0.2) is 0 Å². The zero-order valence-corrected chi connectivity index (χ0v) is 19.0. The fraction of sp³-hybridized carbons (Fsp3) is 0.360. The van der Waals surface area contributed by atoms with Gasteiger partial charge in [0.2, 0.25) is 0 Å². The lowest BCUT2D eigenvalue weighted by Crippen LogP contribution is -2.30. The standard InChI is InChI=1S/C25H28N2O6/c1-4-5-6-15-26-22(17-9-13-20(14-10-17)33-16(2)3)21(24(29)25(26)30)23(28)18-7-11-19(12-8-18)27(31)32/h7-14,16,22,28H,4-6,15H2,1-3H3/b23-21-. The third-order valence-electron chi connectivity index (χ3n) is 5.46. The molecule has 1 saturated heterocycles. The van der Waals surface area contributed by atoms with E-state index in [-0.39, 0.29) is 28.7 Å². The fourth-order valence-corrected chi connectivity index (χ4v) is 3.89. The van der Waals surface area contributed by atoms with Crippen LogP contribution in [0.4, 0.5) is 5.69 Å². The van der Waals surface area contributed by atoms with Gasteiger partial charge in [-0.25, -0.2) is 0 Å². The lowest BCUT2D eigenvalue weighted by molar-refractivity contribution is -0.384. The number of carbonyl (C=O) groups is 2. The number of amides is 1. The molecule has 1 aliphatic rings. The van der Waals surface area contributed by atoms with E-state index in [1.165, 1.54) is 29.2 Å². The monoisotopic (exact) mass is 452 g/mol. The minimum atomic E-state index is -0.769. The van der Waals surface area contributed by atoms with Crippen LogP contribution in [-0.4, -0.2) is 39.3 Å². The van der Waals surface area contributed by atoms with E-state index in [1.54, 1.807) is 24.3 Å². The molecule has 1 heterocycles. The number of ketones is 1. The predicted octanol–water partition coefficient (Wildman–Crippen LogP) is 4.99. The number of likely N-dealkylation sites (tertiary alicyclic amines) is 1. The van der Waals surface area contributed by atoms with E-state index in [9.17, 15) is 24.8 Å². The molecule has 0 aromatic heterocycles. The topological polar surface area (TPSA) is 110 Å². The summed E-state index contributed by atoms with van der Waals surface area (Å²) in [4.78, 5) is 37.8. The van der Waals surface area contributed by atoms with E-state index in [1.807, 2.05) is 20.8 Å². The summed E-state index contributed by atoms with van der Waals surface area (Å²) in [6.45, 7) is 6.26. The van der Waals surface area contributed by atoms with Crippen LogP contribution in [0.15, 0.2) is 54.1 Å². The minimum Gasteiger partial charge on any atom is -0.507 e. The highest BCUT2D eigenvalue weighted by Gasteiger charge is 2.45. The van der Waals surface area contributed by atoms with Crippen LogP contribution in [0.25, 0.3) is 5.76 Å². The number of aliphatic hydroxyl groups is 1. The number of benzene rings is 2. The number of unbranched alkanes of at least 4 members (excludes halogenated alkanes) is 2. The Morgan fingerprint density at radius 3 is 2.27 bits per heavy atom. The highest BCUT2D eigenvalue weighted by atomic mass is 16.6. The number of nitro benzene ring substituents is 1. The number of hydrogen-bond donors (Lipinski definition) is 1. The number of non-ortho nitro benzene ring substituents is 1. The predicted molar refractivity (Wildman–Crippen MR) is 124 cm³/mol. The van der Waals surface area contributed by atoms with Crippen molar-refractivity contribution in [1.82, 2.24) is 4.90 Å². The Kier molecular flexibility index (Phi) is 7.48. The summed E-state index contributed by atoms with van der Waals surface area (Å²) >= 11 is 0. The van der Waals surface area contributed by atoms with Gasteiger partial charge in [-0.05, 0) is 50.1 Å². The molecule has 1 fully saturated rings. The van der Waals surface area contributed by atoms with Crippen molar-refractivity contribution in [3.05, 3.63) is 75.3 Å². The van der Waals surface area contributed by atoms with Crippen molar-refractivity contribution < 1.29 is 24.4 Å². The van der Waals surface area contributed by atoms with Gasteiger partial charge in [-0.1, -0.05) is 31.9 Å². The number of rotatable bonds is 9. The summed E-state index contributed by atoms with van der Waals surface area (Å²) in [5.41, 5.74) is 0.744. The quantitative estimate of drug-likeness (QED) is 0.143. The van der Waals surface area contributed by atoms with Crippen molar-refractivity contribution in [2.24, 2.45) is 0 Å². The summed E-state index contributed by atoms with van der Waals surface area (Å²) in [7, 11) is 0. The van der Waals surface area contributed by atoms with Crippen LogP contribution in [0.1, 0.15) is 57.2 Å². The molecule has 1 unspecified atom stereocenters. The molecule has 0 bridgehead atoms. The average molecular weight is 453 g/mol. The van der Waals surface area contributed by atoms with Crippen molar-refractivity contribution in [3.8, 4) is 5.75 Å². The van der Waals surface area contributed by atoms with Crippen molar-refractivity contribution in [1.29, 1.82) is 0 Å². The van der Waals surface area contributed by atoms with Crippen LogP contribution in [0.3, 0.4) is 0 Å². The zero-order chi connectivity index (χ0) is 24.1. The molecule has 2 aromatic rings. The van der Waals surface area contributed by atoms with Gasteiger partial charge < -0.3 is 14.7 Å². The number of Topliss-reactive ketones (excluding diaryl/α,β-unsaturated/α-hetero) is 1. The van der Waals surface area contributed by atoms with Crippen molar-refractivity contribution in [3.63, 3.8) is 0 Å². The van der Waals surface area contributed by atoms with Gasteiger partial charge in [-0.2, -0.15) is 0 Å². The van der Waals surface area contributed by atoms with Gasteiger partial charge in [-0.15, -0.1) is 0 Å². The highest BCUT2D eigenvalue weighted by molar-refractivity contribution is 6.46. The summed E-state index contributed by atoms with van der Waals surface area (Å²) in [6, 6.07) is 11.6. The van der Waals surface area contributed by atoms with E-state index in [0.29, 0.717) is 17.9 Å². The Bertz CT molecular complexity index is 1060. The Morgan fingerprint density at radius 1 is 1.09 bits per heavy atom. The van der Waals surface area contributed by atoms with E-state index in [4.69, 9.17) is 4.74 Å². The van der Waals surface area contributed by atoms with Crippen LogP contribution in [0.2, 0.25) is 0 Å². The molecule has 0 radical (unpaired) electrons. The molecular formula is C25H28N2O6. The number of nitrogens with zero attached hydrogens (tertiary/aromatic N) is 2. The van der Waals surface area contributed by atoms with Crippen LogP contribution in [-0.2, 0) is 9.59 Å². The van der Waals surface area contributed by atoms with E-state index >= 15 is 0 Å². The molecule has 2 aromatic carbocycles. The number of ether oxygens (including phenoxy) is 1. The molecule has 8 heteroatoms. The number of aliphatic hydroxyl groups excluding tert-OH is 1. The molecular weight excluding hydrogens is 424 g/mol. The molecule has 3 rings (SSSR count). The molecule has 1 amide bonds. The summed E-state index contributed by atoms with van der Waals surface area (Å²) in [5, 5.41) is 22.0. The van der Waals surface area contributed by atoms with Gasteiger partial charge in [0.05, 0.1) is 22.6 Å². The first kappa shape index (κ1) is 24.0. The molecule has 0 aliphatic carbocycles. The lowest BCUT2D eigenvalue weighted by Gasteiger charge is -2.25. The zero-order valence-electron chi connectivity index (χ0n) is 19.0. The third kappa shape index (κ3) is 5.22. The van der Waals surface area contributed by atoms with Crippen molar-refractivity contribution in [2.45, 2.75) is 52.2 Å². The SMILES string of the molecule is CCCCCN1C(=O)C(=O)/C(=C(\O)c2ccc([N+](=O)[O-])cc2)C1c1ccc(OC(C)C)cc1. The largest absolute Gasteiger partial charge is 0.507 e. The molecule has 0 spiro atoms. The first-order valence-corrected chi connectivity index (χ1v) is 11.0. The highest BCUT2D eigenvalue weighted by Crippen LogP contribution is 2.40. The van der Waals surface area contributed by atoms with Crippen molar-refractivity contribution in [2.75, 3.05) is 6.54 Å². The summed E-state index contributed by atoms with van der Waals surface area (Å²) in [6.07, 6.45) is 2.59. The second kappa shape index (κ2) is 10.3. The molecule has 1 aliphatic heterocycles. The van der Waals surface area contributed by atoms with Crippen molar-refractivity contribution >= 4 is 23.1 Å². The second-order valence-corrected chi connectivity index (χ2v) is 8.24. The lowest BCUT2D eigenvalue weighted by atomic mass is 9.95. The van der Waals surface area contributed by atoms with Gasteiger partial charge in [0.1, 0.15) is 11.5 Å². The first-order valence-electron chi connectivity index (χ1n) is 11.0. The van der Waals surface area contributed by atoms with Gasteiger partial charge >= 0.3 is 0 Å². The summed E-state index contributed by atoms with van der Waals surface area (Å²) < 4.78 is 5.69. The maximum atomic E-state index is 13.0. The molecule has 33 heavy (non-hydrogen) atoms. The molecule has 0 saturated carbocycles. The molecule has 174 valence electrons. The molecule has 1 atom stereocenters. The second-order valence-electron chi connectivity index (χ2n) is 8.24. The van der Waals surface area contributed by atoms with Gasteiger partial charge in [0, 0.05) is 24.2 Å². The molecule has 8 nitrogen and oxygen atoms in total. The Balaban J connectivity index is 2.06. The van der Waals surface area contributed by atoms with Gasteiger partial charge in [0.25, 0.3) is 17.4 Å². The van der Waals surface area contributed by atoms with Gasteiger partial charge in [-0.3, -0.25) is 19.7 Å². The normalized spacial score (nSPS) is 17.6.